The van der Waals surface area contributed by atoms with Gasteiger partial charge in [-0.2, -0.15) is 0 Å². The molecular weight excluding hydrogens is 352 g/mol. The van der Waals surface area contributed by atoms with Crippen molar-refractivity contribution in [2.24, 2.45) is 0 Å². The maximum atomic E-state index is 12.2. The van der Waals surface area contributed by atoms with Crippen LogP contribution in [-0.4, -0.2) is 10.9 Å². The number of halogens is 1. The molecule has 5 heteroatoms. The smallest absolute Gasteiger partial charge is 0.257 e. The van der Waals surface area contributed by atoms with Crippen molar-refractivity contribution in [3.63, 3.8) is 0 Å². The predicted molar refractivity (Wildman–Crippen MR) is 106 cm³/mol. The van der Waals surface area contributed by atoms with E-state index in [0.717, 1.165) is 11.3 Å². The molecule has 1 aromatic heterocycles. The van der Waals surface area contributed by atoms with Gasteiger partial charge in [0, 0.05) is 21.5 Å². The molecule has 2 aromatic carbocycles. The molecule has 0 aliphatic carbocycles. The first-order chi connectivity index (χ1) is 11.8. The van der Waals surface area contributed by atoms with Crippen molar-refractivity contribution in [3.05, 3.63) is 70.1 Å². The monoisotopic (exact) mass is 370 g/mol. The SMILES string of the molecule is CC(C)(C)c1ccc(-c2csc(NC(=O)c3ccc(Cl)cc3)n2)cc1. The second-order valence-corrected chi connectivity index (χ2v) is 8.12. The van der Waals surface area contributed by atoms with Gasteiger partial charge < -0.3 is 0 Å². The summed E-state index contributed by atoms with van der Waals surface area (Å²) in [5, 5.41) is 5.96. The molecule has 0 aliphatic heterocycles. The maximum Gasteiger partial charge on any atom is 0.257 e. The number of hydrogen-bond donors (Lipinski definition) is 1. The van der Waals surface area contributed by atoms with Gasteiger partial charge in [-0.15, -0.1) is 11.3 Å². The van der Waals surface area contributed by atoms with E-state index in [0.29, 0.717) is 15.7 Å². The highest BCUT2D eigenvalue weighted by molar-refractivity contribution is 7.14. The third kappa shape index (κ3) is 4.27. The van der Waals surface area contributed by atoms with E-state index in [2.05, 4.69) is 55.3 Å². The van der Waals surface area contributed by atoms with Crippen molar-refractivity contribution < 1.29 is 4.79 Å². The third-order valence-corrected chi connectivity index (χ3v) is 4.89. The fraction of sp³-hybridized carbons (Fsp3) is 0.200. The van der Waals surface area contributed by atoms with Crippen molar-refractivity contribution in [1.82, 2.24) is 4.98 Å². The third-order valence-electron chi connectivity index (χ3n) is 3.88. The number of carbonyl (C=O) groups excluding carboxylic acids is 1. The quantitative estimate of drug-likeness (QED) is 0.613. The van der Waals surface area contributed by atoms with Crippen LogP contribution >= 0.6 is 22.9 Å². The second-order valence-electron chi connectivity index (χ2n) is 6.83. The minimum absolute atomic E-state index is 0.123. The summed E-state index contributed by atoms with van der Waals surface area (Å²) in [6.07, 6.45) is 0. The van der Waals surface area contributed by atoms with Crippen LogP contribution in [0.15, 0.2) is 53.9 Å². The average Bonchev–Trinajstić information content (AvgIpc) is 3.03. The van der Waals surface area contributed by atoms with Gasteiger partial charge >= 0.3 is 0 Å². The highest BCUT2D eigenvalue weighted by Gasteiger charge is 2.14. The van der Waals surface area contributed by atoms with Crippen LogP contribution in [0, 0.1) is 0 Å². The van der Waals surface area contributed by atoms with E-state index in [-0.39, 0.29) is 11.3 Å². The molecule has 3 nitrogen and oxygen atoms in total. The Bertz CT molecular complexity index is 877. The number of anilines is 1. The Hall–Kier alpha value is -2.17. The lowest BCUT2D eigenvalue weighted by Gasteiger charge is -2.18. The summed E-state index contributed by atoms with van der Waals surface area (Å²) in [5.74, 6) is -0.194. The summed E-state index contributed by atoms with van der Waals surface area (Å²) in [5.41, 5.74) is 3.85. The lowest BCUT2D eigenvalue weighted by atomic mass is 9.86. The van der Waals surface area contributed by atoms with Crippen LogP contribution in [0.2, 0.25) is 5.02 Å². The zero-order chi connectivity index (χ0) is 18.0. The summed E-state index contributed by atoms with van der Waals surface area (Å²) >= 11 is 7.26. The number of carbonyl (C=O) groups is 1. The van der Waals surface area contributed by atoms with E-state index in [4.69, 9.17) is 11.6 Å². The van der Waals surface area contributed by atoms with Crippen LogP contribution < -0.4 is 5.32 Å². The second kappa shape index (κ2) is 6.98. The number of rotatable bonds is 3. The molecule has 3 aromatic rings. The van der Waals surface area contributed by atoms with Gasteiger partial charge in [0.25, 0.3) is 5.91 Å². The van der Waals surface area contributed by atoms with Gasteiger partial charge in [-0.3, -0.25) is 10.1 Å². The van der Waals surface area contributed by atoms with Gasteiger partial charge in [0.2, 0.25) is 0 Å². The number of benzene rings is 2. The first kappa shape index (κ1) is 17.6. The lowest BCUT2D eigenvalue weighted by Crippen LogP contribution is -2.11. The molecule has 0 bridgehead atoms. The molecule has 0 saturated heterocycles. The first-order valence-corrected chi connectivity index (χ1v) is 9.22. The van der Waals surface area contributed by atoms with Gasteiger partial charge in [-0.25, -0.2) is 4.98 Å². The average molecular weight is 371 g/mol. The van der Waals surface area contributed by atoms with Crippen LogP contribution in [0.4, 0.5) is 5.13 Å². The maximum absolute atomic E-state index is 12.2. The summed E-state index contributed by atoms with van der Waals surface area (Å²) in [7, 11) is 0. The van der Waals surface area contributed by atoms with Gasteiger partial charge in [-0.1, -0.05) is 56.6 Å². The highest BCUT2D eigenvalue weighted by Crippen LogP contribution is 2.28. The number of hydrogen-bond acceptors (Lipinski definition) is 3. The molecule has 1 heterocycles. The summed E-state index contributed by atoms with van der Waals surface area (Å²) in [6.45, 7) is 6.57. The molecule has 25 heavy (non-hydrogen) atoms. The Morgan fingerprint density at radius 3 is 2.28 bits per heavy atom. The fourth-order valence-corrected chi connectivity index (χ4v) is 3.22. The Morgan fingerprint density at radius 1 is 1.04 bits per heavy atom. The molecule has 3 rings (SSSR count). The highest BCUT2D eigenvalue weighted by atomic mass is 35.5. The number of amides is 1. The van der Waals surface area contributed by atoms with E-state index >= 15 is 0 Å². The minimum atomic E-state index is -0.194. The molecule has 0 unspecified atom stereocenters. The van der Waals surface area contributed by atoms with E-state index in [1.165, 1.54) is 16.9 Å². The number of nitrogens with one attached hydrogen (secondary N) is 1. The summed E-state index contributed by atoms with van der Waals surface area (Å²) < 4.78 is 0. The van der Waals surface area contributed by atoms with Crippen molar-refractivity contribution >= 4 is 34.0 Å². The van der Waals surface area contributed by atoms with Crippen molar-refractivity contribution in [1.29, 1.82) is 0 Å². The fourth-order valence-electron chi connectivity index (χ4n) is 2.38. The molecular formula is C20H19ClN2OS. The van der Waals surface area contributed by atoms with Gasteiger partial charge in [0.05, 0.1) is 5.69 Å². The van der Waals surface area contributed by atoms with Crippen LogP contribution in [-0.2, 0) is 5.41 Å². The Balaban J connectivity index is 1.74. The van der Waals surface area contributed by atoms with E-state index in [9.17, 15) is 4.79 Å². The van der Waals surface area contributed by atoms with Crippen molar-refractivity contribution in [2.75, 3.05) is 5.32 Å². The number of nitrogens with zero attached hydrogens (tertiary/aromatic N) is 1. The molecule has 128 valence electrons. The zero-order valence-electron chi connectivity index (χ0n) is 14.3. The predicted octanol–water partition coefficient (Wildman–Crippen LogP) is 6.01. The van der Waals surface area contributed by atoms with E-state index < -0.39 is 0 Å². The Morgan fingerprint density at radius 2 is 1.68 bits per heavy atom. The Labute approximate surface area is 156 Å². The molecule has 0 aliphatic rings. The normalized spacial score (nSPS) is 11.4. The van der Waals surface area contributed by atoms with Crippen LogP contribution in [0.5, 0.6) is 0 Å². The van der Waals surface area contributed by atoms with Crippen molar-refractivity contribution in [3.8, 4) is 11.3 Å². The summed E-state index contributed by atoms with van der Waals surface area (Å²) in [4.78, 5) is 16.8. The topological polar surface area (TPSA) is 42.0 Å². The largest absolute Gasteiger partial charge is 0.298 e. The molecule has 0 spiro atoms. The lowest BCUT2D eigenvalue weighted by molar-refractivity contribution is 0.102. The molecule has 0 atom stereocenters. The van der Waals surface area contributed by atoms with Gasteiger partial charge in [0.15, 0.2) is 5.13 Å². The summed E-state index contributed by atoms with van der Waals surface area (Å²) in [6, 6.07) is 15.2. The molecule has 1 amide bonds. The van der Waals surface area contributed by atoms with Crippen LogP contribution in [0.3, 0.4) is 0 Å². The van der Waals surface area contributed by atoms with Crippen LogP contribution in [0.25, 0.3) is 11.3 Å². The standard InChI is InChI=1S/C20H19ClN2OS/c1-20(2,3)15-8-4-13(5-9-15)17-12-25-19(22-17)23-18(24)14-6-10-16(21)11-7-14/h4-12H,1-3H3,(H,22,23,24). The zero-order valence-corrected chi connectivity index (χ0v) is 15.9. The van der Waals surface area contributed by atoms with Crippen molar-refractivity contribution in [2.45, 2.75) is 26.2 Å². The molecule has 0 fully saturated rings. The first-order valence-electron chi connectivity index (χ1n) is 7.96. The van der Waals surface area contributed by atoms with Gasteiger partial charge in [0.1, 0.15) is 0 Å². The Kier molecular flexibility index (Phi) is 4.93. The van der Waals surface area contributed by atoms with Crippen LogP contribution in [0.1, 0.15) is 36.7 Å². The molecule has 0 radical (unpaired) electrons. The van der Waals surface area contributed by atoms with Gasteiger partial charge in [-0.05, 0) is 35.2 Å². The molecule has 0 saturated carbocycles. The van der Waals surface area contributed by atoms with E-state index in [1.54, 1.807) is 24.3 Å². The van der Waals surface area contributed by atoms with E-state index in [1.807, 2.05) is 5.38 Å². The molecule has 1 N–H and O–H groups in total. The minimum Gasteiger partial charge on any atom is -0.298 e. The number of thiazole rings is 1. The number of aromatic nitrogens is 1.